The van der Waals surface area contributed by atoms with Gasteiger partial charge in [0.1, 0.15) is 29.8 Å². The zero-order valence-corrected chi connectivity index (χ0v) is 28.4. The summed E-state index contributed by atoms with van der Waals surface area (Å²) in [4.78, 5) is 35.1. The van der Waals surface area contributed by atoms with Gasteiger partial charge >= 0.3 is 6.01 Å². The van der Waals surface area contributed by atoms with E-state index < -0.39 is 17.5 Å². The zero-order valence-electron chi connectivity index (χ0n) is 27.6. The molecule has 4 atom stereocenters. The predicted octanol–water partition coefficient (Wildman–Crippen LogP) is 5.34. The van der Waals surface area contributed by atoms with Crippen molar-refractivity contribution in [3.8, 4) is 29.1 Å². The summed E-state index contributed by atoms with van der Waals surface area (Å²) in [6.45, 7) is 3.42. The van der Waals surface area contributed by atoms with E-state index in [1.807, 2.05) is 43.3 Å². The van der Waals surface area contributed by atoms with E-state index in [4.69, 9.17) is 21.3 Å². The average molecular weight is 686 g/mol. The highest BCUT2D eigenvalue weighted by Gasteiger charge is 2.49. The van der Waals surface area contributed by atoms with Crippen LogP contribution >= 0.6 is 11.6 Å². The van der Waals surface area contributed by atoms with E-state index >= 15 is 4.39 Å². The number of halogens is 3. The van der Waals surface area contributed by atoms with Gasteiger partial charge in [-0.3, -0.25) is 19.6 Å². The maximum atomic E-state index is 16.8. The van der Waals surface area contributed by atoms with Crippen molar-refractivity contribution in [3.63, 3.8) is 0 Å². The van der Waals surface area contributed by atoms with E-state index in [0.717, 1.165) is 37.7 Å². The van der Waals surface area contributed by atoms with Gasteiger partial charge in [0.25, 0.3) is 5.91 Å². The van der Waals surface area contributed by atoms with E-state index in [2.05, 4.69) is 31.6 Å². The summed E-state index contributed by atoms with van der Waals surface area (Å²) in [5.74, 6) is 5.58. The van der Waals surface area contributed by atoms with Gasteiger partial charge in [-0.2, -0.15) is 9.97 Å². The topological polar surface area (TPSA) is 77.9 Å². The summed E-state index contributed by atoms with van der Waals surface area (Å²) in [7, 11) is 3.89. The smallest absolute Gasteiger partial charge is 0.319 e. The Morgan fingerprint density at radius 1 is 1.14 bits per heavy atom. The van der Waals surface area contributed by atoms with Gasteiger partial charge in [-0.1, -0.05) is 47.9 Å². The van der Waals surface area contributed by atoms with E-state index in [-0.39, 0.29) is 41.8 Å². The summed E-state index contributed by atoms with van der Waals surface area (Å²) in [6, 6.07) is 11.2. The molecule has 0 spiro atoms. The number of fused-ring (bicyclic) bond motifs is 3. The first kappa shape index (κ1) is 32.1. The van der Waals surface area contributed by atoms with Crippen LogP contribution in [-0.2, 0) is 4.79 Å². The van der Waals surface area contributed by atoms with Crippen LogP contribution in [0.4, 0.5) is 14.6 Å². The van der Waals surface area contributed by atoms with Gasteiger partial charge < -0.3 is 14.5 Å². The average Bonchev–Trinajstić information content (AvgIpc) is 3.81. The second kappa shape index (κ2) is 12.7. The van der Waals surface area contributed by atoms with E-state index in [1.54, 1.807) is 23.2 Å². The van der Waals surface area contributed by atoms with Crippen LogP contribution in [0.5, 0.6) is 6.01 Å². The molecule has 0 bridgehead atoms. The molecule has 6 heterocycles. The number of pyridine rings is 1. The Bertz CT molecular complexity index is 2010. The second-order valence-electron chi connectivity index (χ2n) is 13.9. The number of amides is 1. The third-order valence-corrected chi connectivity index (χ3v) is 11.3. The van der Waals surface area contributed by atoms with Gasteiger partial charge in [-0.15, -0.1) is 0 Å². The molecule has 2 aromatic carbocycles. The standard InChI is InChI=1S/C37H38ClF2N7O2/c1-44-16-12-25(44)10-11-30(48)46-17-13-26(21-46)45(2)35-28-19-41-33(27-8-3-6-23-7-4-9-29(38)31(23)27)32(40)34(28)42-36(43-35)49-22-37-14-5-15-47(37)20-24(39)18-37/h3-4,6-9,19,24-26H,5,12-18,20-22H2,1-2H3/t24-,25?,26-,37+/m1/s1. The molecule has 2 aromatic heterocycles. The third kappa shape index (κ3) is 5.73. The lowest BCUT2D eigenvalue weighted by molar-refractivity contribution is -0.124. The third-order valence-electron chi connectivity index (χ3n) is 10.9. The van der Waals surface area contributed by atoms with Crippen LogP contribution in [0.1, 0.15) is 32.1 Å². The molecule has 49 heavy (non-hydrogen) atoms. The van der Waals surface area contributed by atoms with Crippen molar-refractivity contribution in [1.29, 1.82) is 0 Å². The fraction of sp³-hybridized carbons (Fsp3) is 0.459. The first-order chi connectivity index (χ1) is 23.7. The molecule has 254 valence electrons. The summed E-state index contributed by atoms with van der Waals surface area (Å²) in [5.41, 5.74) is 0.318. The summed E-state index contributed by atoms with van der Waals surface area (Å²) < 4.78 is 37.6. The van der Waals surface area contributed by atoms with Crippen LogP contribution < -0.4 is 9.64 Å². The summed E-state index contributed by atoms with van der Waals surface area (Å²) in [5, 5.41) is 2.48. The van der Waals surface area contributed by atoms with Crippen molar-refractivity contribution in [3.05, 3.63) is 53.4 Å². The highest BCUT2D eigenvalue weighted by molar-refractivity contribution is 6.36. The van der Waals surface area contributed by atoms with E-state index in [1.165, 1.54) is 0 Å². The number of likely N-dealkylation sites (N-methyl/N-ethyl adjacent to an activating group) is 1. The SMILES string of the molecule is CN1CCC1C#CC(=O)N1CC[C@@H](N(C)c2nc(OC[C@@]34CCCN3C[C@H](F)C4)nc3c(F)c(-c4cccc5cccc(Cl)c45)ncc23)C1. The number of rotatable bonds is 6. The molecule has 1 unspecified atom stereocenters. The van der Waals surface area contributed by atoms with Crippen LogP contribution in [0, 0.1) is 17.7 Å². The Labute approximate surface area is 289 Å². The largest absolute Gasteiger partial charge is 0.461 e. The van der Waals surface area contributed by atoms with Crippen LogP contribution in [0.15, 0.2) is 42.6 Å². The van der Waals surface area contributed by atoms with Crippen molar-refractivity contribution in [2.75, 3.05) is 58.3 Å². The Balaban J connectivity index is 1.15. The monoisotopic (exact) mass is 685 g/mol. The van der Waals surface area contributed by atoms with Crippen LogP contribution in [0.3, 0.4) is 0 Å². The maximum absolute atomic E-state index is 16.8. The molecule has 1 amide bonds. The molecule has 4 aliphatic heterocycles. The summed E-state index contributed by atoms with van der Waals surface area (Å²) in [6.07, 6.45) is 4.54. The van der Waals surface area contributed by atoms with Gasteiger partial charge in [-0.25, -0.2) is 8.78 Å². The molecule has 12 heteroatoms. The highest BCUT2D eigenvalue weighted by Crippen LogP contribution is 2.41. The molecule has 4 aliphatic rings. The molecule has 0 saturated carbocycles. The van der Waals surface area contributed by atoms with E-state index in [9.17, 15) is 9.18 Å². The molecular formula is C37H38ClF2N7O2. The lowest BCUT2D eigenvalue weighted by Crippen LogP contribution is -2.43. The van der Waals surface area contributed by atoms with Crippen LogP contribution in [0.25, 0.3) is 32.9 Å². The van der Waals surface area contributed by atoms with Gasteiger partial charge in [0.15, 0.2) is 5.82 Å². The Morgan fingerprint density at radius 3 is 2.78 bits per heavy atom. The van der Waals surface area contributed by atoms with Gasteiger partial charge in [0.2, 0.25) is 0 Å². The fourth-order valence-corrected chi connectivity index (χ4v) is 8.30. The molecule has 4 fully saturated rings. The number of likely N-dealkylation sites (tertiary alicyclic amines) is 2. The maximum Gasteiger partial charge on any atom is 0.319 e. The molecular weight excluding hydrogens is 648 g/mol. The number of benzene rings is 2. The minimum Gasteiger partial charge on any atom is -0.461 e. The number of carbonyl (C=O) groups is 1. The van der Waals surface area contributed by atoms with Gasteiger partial charge in [-0.05, 0) is 56.6 Å². The molecule has 4 saturated heterocycles. The summed E-state index contributed by atoms with van der Waals surface area (Å²) >= 11 is 6.62. The van der Waals surface area contributed by atoms with E-state index in [0.29, 0.717) is 59.7 Å². The number of nitrogens with zero attached hydrogens (tertiary/aromatic N) is 7. The minimum atomic E-state index is -0.908. The molecule has 0 N–H and O–H groups in total. The van der Waals surface area contributed by atoms with Crippen LogP contribution in [-0.4, -0.2) is 113 Å². The number of hydrogen-bond donors (Lipinski definition) is 0. The van der Waals surface area contributed by atoms with Crippen molar-refractivity contribution in [2.45, 2.75) is 55.9 Å². The Hall–Kier alpha value is -4.11. The number of carbonyl (C=O) groups excluding carboxylic acids is 1. The second-order valence-corrected chi connectivity index (χ2v) is 14.3. The quantitative estimate of drug-likeness (QED) is 0.252. The number of aromatic nitrogens is 3. The zero-order chi connectivity index (χ0) is 33.9. The minimum absolute atomic E-state index is 0.0197. The predicted molar refractivity (Wildman–Crippen MR) is 186 cm³/mol. The van der Waals surface area contributed by atoms with Crippen molar-refractivity contribution in [1.82, 2.24) is 29.7 Å². The molecule has 0 radical (unpaired) electrons. The molecule has 4 aromatic rings. The van der Waals surface area contributed by atoms with Gasteiger partial charge in [0.05, 0.1) is 17.0 Å². The number of ether oxygens (including phenoxy) is 1. The number of alkyl halides is 1. The fourth-order valence-electron chi connectivity index (χ4n) is 8.02. The Morgan fingerprint density at radius 2 is 1.98 bits per heavy atom. The molecule has 0 aliphatic carbocycles. The van der Waals surface area contributed by atoms with Crippen molar-refractivity contribution < 1.29 is 18.3 Å². The first-order valence-corrected chi connectivity index (χ1v) is 17.4. The lowest BCUT2D eigenvalue weighted by atomic mass is 9.95. The lowest BCUT2D eigenvalue weighted by Gasteiger charge is -2.33. The number of hydrogen-bond acceptors (Lipinski definition) is 8. The molecule has 9 nitrogen and oxygen atoms in total. The normalized spacial score (nSPS) is 25.3. The number of anilines is 1. The van der Waals surface area contributed by atoms with Crippen molar-refractivity contribution >= 4 is 45.0 Å². The van der Waals surface area contributed by atoms with Crippen molar-refractivity contribution in [2.24, 2.45) is 0 Å². The highest BCUT2D eigenvalue weighted by atomic mass is 35.5. The van der Waals surface area contributed by atoms with Crippen LogP contribution in [0.2, 0.25) is 5.02 Å². The molecule has 8 rings (SSSR count). The Kier molecular flexibility index (Phi) is 8.29. The van der Waals surface area contributed by atoms with Gasteiger partial charge in [0, 0.05) is 67.9 Å². The first-order valence-electron chi connectivity index (χ1n) is 17.0.